The molecule has 0 heterocycles. The summed E-state index contributed by atoms with van der Waals surface area (Å²) in [6.45, 7) is -0.279. The van der Waals surface area contributed by atoms with Gasteiger partial charge in [-0.25, -0.2) is 4.79 Å². The maximum atomic E-state index is 10.1. The molecule has 0 fully saturated rings. The lowest BCUT2D eigenvalue weighted by Crippen LogP contribution is -2.48. The highest BCUT2D eigenvalue weighted by Crippen LogP contribution is 2.05. The van der Waals surface area contributed by atoms with Crippen LogP contribution in [0.15, 0.2) is 0 Å². The molecule has 0 radical (unpaired) electrons. The van der Waals surface area contributed by atoms with Crippen molar-refractivity contribution in [3.05, 3.63) is 0 Å². The highest BCUT2D eigenvalue weighted by atomic mass is 16.4. The van der Waals surface area contributed by atoms with Gasteiger partial charge in [0.05, 0.1) is 19.3 Å². The van der Waals surface area contributed by atoms with Gasteiger partial charge >= 0.3 is 5.97 Å². The number of aliphatic hydroxyl groups is 18. The van der Waals surface area contributed by atoms with Gasteiger partial charge in [0.2, 0.25) is 0 Å². The van der Waals surface area contributed by atoms with Gasteiger partial charge in [0.15, 0.2) is 31.2 Å². The molecule has 286 valence electrons. The number of carboxylic acid groups (broad SMARTS) is 1. The van der Waals surface area contributed by atoms with E-state index in [9.17, 15) is 24.0 Å². The van der Waals surface area contributed by atoms with Crippen LogP contribution in [0, 0.1) is 0 Å². The van der Waals surface area contributed by atoms with Gasteiger partial charge in [-0.15, -0.1) is 0 Å². The molecule has 0 aromatic heterocycles. The first kappa shape index (κ1) is 52.2. The molecule has 0 aliphatic rings. The fraction of sp³-hybridized carbons (Fsp3) is 0.792. The van der Waals surface area contributed by atoms with Crippen molar-refractivity contribution in [1.29, 1.82) is 0 Å². The number of carbonyl (C=O) groups excluding carboxylic acids is 4. The van der Waals surface area contributed by atoms with Crippen LogP contribution in [-0.2, 0) is 24.0 Å². The predicted molar refractivity (Wildman–Crippen MR) is 148 cm³/mol. The normalized spacial score (nSPS) is 21.0. The van der Waals surface area contributed by atoms with E-state index in [1.54, 1.807) is 0 Å². The van der Waals surface area contributed by atoms with Crippen molar-refractivity contribution in [2.75, 3.05) is 13.2 Å². The molecule has 0 aliphatic heterocycles. The molecule has 0 aliphatic carbocycles. The van der Waals surface area contributed by atoms with Crippen molar-refractivity contribution in [3.8, 4) is 0 Å². The maximum Gasteiger partial charge on any atom is 0.335 e. The summed E-state index contributed by atoms with van der Waals surface area (Å²) in [5, 5.41) is 165. The Morgan fingerprint density at radius 2 is 0.667 bits per heavy atom. The van der Waals surface area contributed by atoms with E-state index in [4.69, 9.17) is 97.0 Å². The first-order chi connectivity index (χ1) is 22.0. The first-order valence-corrected chi connectivity index (χ1v) is 13.2. The Balaban J connectivity index is -0.000000269. The molecule has 0 spiro atoms. The van der Waals surface area contributed by atoms with Crippen molar-refractivity contribution >= 4 is 31.1 Å². The van der Waals surface area contributed by atoms with E-state index in [-0.39, 0.29) is 25.1 Å². The quantitative estimate of drug-likeness (QED) is 0.0551. The van der Waals surface area contributed by atoms with Crippen molar-refractivity contribution in [2.45, 2.75) is 105 Å². The molecule has 0 saturated carbocycles. The Bertz CT molecular complexity index is 830. The summed E-state index contributed by atoms with van der Waals surface area (Å²) in [6.07, 6.45) is -27.9. The van der Waals surface area contributed by atoms with Gasteiger partial charge in [0.1, 0.15) is 85.5 Å². The number of hydrogen-bond acceptors (Lipinski definition) is 23. The largest absolute Gasteiger partial charge is 0.479 e. The number of aliphatic carboxylic acids is 1. The van der Waals surface area contributed by atoms with Gasteiger partial charge in [0.25, 0.3) is 0 Å². The molecule has 24 nitrogen and oxygen atoms in total. The molecule has 16 atom stereocenters. The van der Waals surface area contributed by atoms with Crippen LogP contribution in [-0.4, -0.2) is 239 Å². The summed E-state index contributed by atoms with van der Waals surface area (Å²) >= 11 is 0. The number of carboxylic acids is 1. The average Bonchev–Trinajstić information content (AvgIpc) is 3.09. The van der Waals surface area contributed by atoms with E-state index in [0.717, 1.165) is 0 Å². The summed E-state index contributed by atoms with van der Waals surface area (Å²) in [6, 6.07) is 0. The van der Waals surface area contributed by atoms with Crippen molar-refractivity contribution in [1.82, 2.24) is 0 Å². The monoisotopic (exact) mass is 718 g/mol. The third-order valence-corrected chi connectivity index (χ3v) is 5.59. The van der Waals surface area contributed by atoms with Crippen LogP contribution in [0.2, 0.25) is 0 Å². The second-order valence-electron chi connectivity index (χ2n) is 9.45. The fourth-order valence-corrected chi connectivity index (χ4v) is 2.42. The number of carbonyl (C=O) groups is 5. The molecular weight excluding hydrogens is 672 g/mol. The van der Waals surface area contributed by atoms with Crippen LogP contribution < -0.4 is 0 Å². The van der Waals surface area contributed by atoms with Gasteiger partial charge < -0.3 is 116 Å². The summed E-state index contributed by atoms with van der Waals surface area (Å²) in [7, 11) is 0. The van der Waals surface area contributed by atoms with Crippen LogP contribution in [0.1, 0.15) is 6.92 Å². The SMILES string of the molecule is C[C@H](O)[C@H](O)[C@@H](O)[C@@H](O)C=O.O=C[C@H](O)[C@@H](O)[C@H](O)[C@H](O)C(=O)O.O=C[C@H](O)[C@@H](O)[C@H](O)[C@H](O)CO.O=C[C@H](O)[C@@H](O)[C@H](O)[C@H](O)CO. The Hall–Kier alpha value is -2.57. The minimum absolute atomic E-state index is 0.0258. The molecule has 0 unspecified atom stereocenters. The van der Waals surface area contributed by atoms with E-state index in [1.807, 2.05) is 0 Å². The molecule has 24 heteroatoms. The predicted octanol–water partition coefficient (Wildman–Crippen LogP) is -12.4. The van der Waals surface area contributed by atoms with Crippen molar-refractivity contribution < 1.29 is 121 Å². The second kappa shape index (κ2) is 28.3. The van der Waals surface area contributed by atoms with Crippen LogP contribution in [0.3, 0.4) is 0 Å². The highest BCUT2D eigenvalue weighted by molar-refractivity contribution is 5.73. The molecule has 0 amide bonds. The standard InChI is InChI=1S/C6H10O7.2C6H12O6.C6H12O5/c7-1-2(8)3(9)4(10)5(11)6(12)13;2*7-1-3(9)5(11)6(12)4(10)2-8;1-3(8)5(10)6(11)4(9)2-7/h1-5,8-11H,(H,12,13);2*1,3-6,8-12H,2H2;2-6,8-11H,1H3/t2-,3+,4-,5-;2*3-,4+,5+,6+;3-,4-,5-,6-/m0000/s1. The Morgan fingerprint density at radius 3 is 0.854 bits per heavy atom. The van der Waals surface area contributed by atoms with Gasteiger partial charge in [-0.3, -0.25) is 0 Å². The molecule has 48 heavy (non-hydrogen) atoms. The molecule has 0 rings (SSSR count). The topological polar surface area (TPSA) is 470 Å². The van der Waals surface area contributed by atoms with Crippen LogP contribution >= 0.6 is 0 Å². The second-order valence-corrected chi connectivity index (χ2v) is 9.45. The molecule has 0 aromatic rings. The summed E-state index contributed by atoms with van der Waals surface area (Å²) < 4.78 is 0. The summed E-state index contributed by atoms with van der Waals surface area (Å²) in [4.78, 5) is 49.6. The number of rotatable bonds is 19. The van der Waals surface area contributed by atoms with Crippen LogP contribution in [0.4, 0.5) is 0 Å². The first-order valence-electron chi connectivity index (χ1n) is 13.2. The van der Waals surface area contributed by atoms with E-state index < -0.39 is 117 Å². The Kier molecular flexibility index (Phi) is 30.8. The average molecular weight is 719 g/mol. The molecule has 0 aromatic carbocycles. The van der Waals surface area contributed by atoms with E-state index in [1.165, 1.54) is 6.92 Å². The third kappa shape index (κ3) is 20.7. The smallest absolute Gasteiger partial charge is 0.335 e. The lowest BCUT2D eigenvalue weighted by atomic mass is 10.0. The minimum Gasteiger partial charge on any atom is -0.479 e. The van der Waals surface area contributed by atoms with E-state index in [0.29, 0.717) is 0 Å². The van der Waals surface area contributed by atoms with Gasteiger partial charge in [-0.1, -0.05) is 0 Å². The number of hydrogen-bond donors (Lipinski definition) is 19. The minimum atomic E-state index is -2.25. The van der Waals surface area contributed by atoms with E-state index >= 15 is 0 Å². The zero-order valence-corrected chi connectivity index (χ0v) is 25.0. The zero-order chi connectivity index (χ0) is 39.1. The Labute approximate surface area is 270 Å². The van der Waals surface area contributed by atoms with E-state index in [2.05, 4.69) is 0 Å². The summed E-state index contributed by atoms with van der Waals surface area (Å²) in [5.41, 5.74) is 0. The van der Waals surface area contributed by atoms with Crippen LogP contribution in [0.25, 0.3) is 0 Å². The summed E-state index contributed by atoms with van der Waals surface area (Å²) in [5.74, 6) is -1.76. The third-order valence-electron chi connectivity index (χ3n) is 5.59. The van der Waals surface area contributed by atoms with Gasteiger partial charge in [-0.2, -0.15) is 0 Å². The molecular formula is C24H46O24. The molecule has 19 N–H and O–H groups in total. The lowest BCUT2D eigenvalue weighted by molar-refractivity contribution is -0.163. The zero-order valence-electron chi connectivity index (χ0n) is 25.0. The fourth-order valence-electron chi connectivity index (χ4n) is 2.42. The van der Waals surface area contributed by atoms with Crippen molar-refractivity contribution in [3.63, 3.8) is 0 Å². The maximum absolute atomic E-state index is 10.1. The van der Waals surface area contributed by atoms with Gasteiger partial charge in [-0.05, 0) is 6.92 Å². The lowest BCUT2D eigenvalue weighted by Gasteiger charge is -2.22. The number of aldehydes is 4. The number of aliphatic hydroxyl groups excluding tert-OH is 18. The van der Waals surface area contributed by atoms with Gasteiger partial charge in [0, 0.05) is 0 Å². The molecule has 0 saturated heterocycles. The van der Waals surface area contributed by atoms with Crippen molar-refractivity contribution in [2.24, 2.45) is 0 Å². The van der Waals surface area contributed by atoms with Crippen LogP contribution in [0.5, 0.6) is 0 Å². The Morgan fingerprint density at radius 1 is 0.438 bits per heavy atom. The molecule has 0 bridgehead atoms. The highest BCUT2D eigenvalue weighted by Gasteiger charge is 2.34.